The lowest BCUT2D eigenvalue weighted by Crippen LogP contribution is -2.09. The normalized spacial score (nSPS) is 11.8. The average molecular weight is 592 g/mol. The summed E-state index contributed by atoms with van der Waals surface area (Å²) in [4.78, 5) is 2.29. The number of anilines is 3. The standard InChI is InChI=1S/C45H37N/c1-4-15-35(5-2)44(38-16-9-6-10-17-38)45(39-18-11-7-12-19-39)40-26-24-36(25-27-40)37-28-32-43(33-29-37)46(41-20-13-8-14-21-41)42-30-22-34(3)23-31-42/h4-33H,1-2H2,3H3/b35-15+,45-44-. The van der Waals surface area contributed by atoms with E-state index < -0.39 is 0 Å². The maximum atomic E-state index is 4.16. The molecule has 0 radical (unpaired) electrons. The van der Waals surface area contributed by atoms with E-state index in [9.17, 15) is 0 Å². The fraction of sp³-hybridized carbons (Fsp3) is 0.0222. The molecule has 0 aromatic heterocycles. The summed E-state index contributed by atoms with van der Waals surface area (Å²) >= 11 is 0. The number of para-hydroxylation sites is 1. The van der Waals surface area contributed by atoms with Gasteiger partial charge in [-0.2, -0.15) is 0 Å². The minimum Gasteiger partial charge on any atom is -0.311 e. The number of benzene rings is 6. The number of rotatable bonds is 10. The van der Waals surface area contributed by atoms with Gasteiger partial charge in [-0.1, -0.05) is 164 Å². The summed E-state index contributed by atoms with van der Waals surface area (Å²) in [5.74, 6) is 0. The molecule has 46 heavy (non-hydrogen) atoms. The van der Waals surface area contributed by atoms with Gasteiger partial charge in [0.1, 0.15) is 0 Å². The summed E-state index contributed by atoms with van der Waals surface area (Å²) in [7, 11) is 0. The third kappa shape index (κ3) is 6.60. The van der Waals surface area contributed by atoms with Crippen molar-refractivity contribution in [3.63, 3.8) is 0 Å². The molecule has 0 aliphatic carbocycles. The van der Waals surface area contributed by atoms with Crippen LogP contribution >= 0.6 is 0 Å². The van der Waals surface area contributed by atoms with Crippen LogP contribution < -0.4 is 4.90 Å². The van der Waals surface area contributed by atoms with Crippen LogP contribution in [0.5, 0.6) is 0 Å². The molecular weight excluding hydrogens is 555 g/mol. The van der Waals surface area contributed by atoms with Crippen molar-refractivity contribution in [2.24, 2.45) is 0 Å². The molecule has 0 spiro atoms. The number of hydrogen-bond acceptors (Lipinski definition) is 1. The van der Waals surface area contributed by atoms with Gasteiger partial charge in [0, 0.05) is 17.1 Å². The molecule has 6 aromatic carbocycles. The summed E-state index contributed by atoms with van der Waals surface area (Å²) in [5, 5.41) is 0. The molecule has 0 saturated heterocycles. The second-order valence-electron chi connectivity index (χ2n) is 11.2. The Labute approximate surface area is 273 Å². The molecule has 1 nitrogen and oxygen atoms in total. The van der Waals surface area contributed by atoms with Crippen LogP contribution in [0.2, 0.25) is 0 Å². The van der Waals surface area contributed by atoms with E-state index >= 15 is 0 Å². The minimum absolute atomic E-state index is 1.02. The van der Waals surface area contributed by atoms with Crippen molar-refractivity contribution < 1.29 is 0 Å². The molecule has 6 rings (SSSR count). The van der Waals surface area contributed by atoms with Gasteiger partial charge in [0.05, 0.1) is 0 Å². The van der Waals surface area contributed by atoms with Crippen LogP contribution in [-0.2, 0) is 0 Å². The highest BCUT2D eigenvalue weighted by molar-refractivity contribution is 6.05. The third-order valence-electron chi connectivity index (χ3n) is 8.12. The Morgan fingerprint density at radius 3 is 1.43 bits per heavy atom. The van der Waals surface area contributed by atoms with Gasteiger partial charge in [0.25, 0.3) is 0 Å². The second kappa shape index (κ2) is 14.2. The predicted octanol–water partition coefficient (Wildman–Crippen LogP) is 12.4. The van der Waals surface area contributed by atoms with Gasteiger partial charge < -0.3 is 4.90 Å². The van der Waals surface area contributed by atoms with Gasteiger partial charge in [0.2, 0.25) is 0 Å². The third-order valence-corrected chi connectivity index (χ3v) is 8.12. The van der Waals surface area contributed by atoms with Crippen molar-refractivity contribution in [2.45, 2.75) is 6.92 Å². The first-order valence-corrected chi connectivity index (χ1v) is 15.6. The number of hydrogen-bond donors (Lipinski definition) is 0. The van der Waals surface area contributed by atoms with Crippen molar-refractivity contribution in [1.82, 2.24) is 0 Å². The molecule has 0 amide bonds. The van der Waals surface area contributed by atoms with Gasteiger partial charge in [-0.05, 0) is 87.9 Å². The summed E-state index contributed by atoms with van der Waals surface area (Å²) < 4.78 is 0. The molecule has 0 saturated carbocycles. The van der Waals surface area contributed by atoms with Crippen LogP contribution in [0, 0.1) is 6.92 Å². The van der Waals surface area contributed by atoms with Crippen molar-refractivity contribution in [3.8, 4) is 11.1 Å². The van der Waals surface area contributed by atoms with E-state index in [1.807, 2.05) is 24.3 Å². The van der Waals surface area contributed by atoms with E-state index in [1.165, 1.54) is 11.1 Å². The summed E-state index contributed by atoms with van der Waals surface area (Å²) in [6, 6.07) is 58.0. The molecule has 0 heterocycles. The summed E-state index contributed by atoms with van der Waals surface area (Å²) in [6.45, 7) is 10.3. The molecule has 222 valence electrons. The van der Waals surface area contributed by atoms with Gasteiger partial charge >= 0.3 is 0 Å². The van der Waals surface area contributed by atoms with E-state index in [0.29, 0.717) is 0 Å². The highest BCUT2D eigenvalue weighted by Crippen LogP contribution is 2.39. The van der Waals surface area contributed by atoms with Crippen molar-refractivity contribution in [3.05, 3.63) is 223 Å². The Hall–Kier alpha value is -5.92. The minimum atomic E-state index is 1.02. The fourth-order valence-corrected chi connectivity index (χ4v) is 5.85. The molecule has 0 N–H and O–H groups in total. The topological polar surface area (TPSA) is 3.24 Å². The Bertz CT molecular complexity index is 1960. The molecule has 6 aromatic rings. The largest absolute Gasteiger partial charge is 0.311 e. The van der Waals surface area contributed by atoms with Gasteiger partial charge in [0.15, 0.2) is 0 Å². The Balaban J connectivity index is 1.41. The first-order chi connectivity index (χ1) is 22.7. The molecule has 0 fully saturated rings. The maximum absolute atomic E-state index is 4.16. The highest BCUT2D eigenvalue weighted by atomic mass is 15.1. The van der Waals surface area contributed by atoms with Crippen LogP contribution in [0.1, 0.15) is 22.3 Å². The van der Waals surface area contributed by atoms with Crippen LogP contribution in [0.4, 0.5) is 17.1 Å². The van der Waals surface area contributed by atoms with Crippen molar-refractivity contribution >= 4 is 28.2 Å². The Kier molecular flexibility index (Phi) is 9.33. The maximum Gasteiger partial charge on any atom is 0.0462 e. The lowest BCUT2D eigenvalue weighted by Gasteiger charge is -2.25. The SMILES string of the molecule is C=C/C=C(C=C)/C(=C(\c1ccccc1)c1ccc(-c2ccc(N(c3ccccc3)c3ccc(C)cc3)cc2)cc1)c1ccccc1. The number of allylic oxidation sites excluding steroid dienone is 5. The first kappa shape index (κ1) is 30.1. The van der Waals surface area contributed by atoms with Gasteiger partial charge in [-0.15, -0.1) is 0 Å². The quantitative estimate of drug-likeness (QED) is 0.113. The monoisotopic (exact) mass is 591 g/mol. The molecule has 0 aliphatic heterocycles. The van der Waals surface area contributed by atoms with Gasteiger partial charge in [-0.25, -0.2) is 0 Å². The van der Waals surface area contributed by atoms with E-state index in [-0.39, 0.29) is 0 Å². The number of nitrogens with zero attached hydrogens (tertiary/aromatic N) is 1. The number of aryl methyl sites for hydroxylation is 1. The first-order valence-electron chi connectivity index (χ1n) is 15.6. The lowest BCUT2D eigenvalue weighted by molar-refractivity contribution is 1.27. The molecule has 0 atom stereocenters. The summed E-state index contributed by atoms with van der Waals surface area (Å²) in [5.41, 5.74) is 13.7. The predicted molar refractivity (Wildman–Crippen MR) is 199 cm³/mol. The lowest BCUT2D eigenvalue weighted by atomic mass is 9.85. The second-order valence-corrected chi connectivity index (χ2v) is 11.2. The molecule has 0 unspecified atom stereocenters. The fourth-order valence-electron chi connectivity index (χ4n) is 5.85. The van der Waals surface area contributed by atoms with Crippen LogP contribution in [0.25, 0.3) is 22.3 Å². The van der Waals surface area contributed by atoms with E-state index in [2.05, 4.69) is 183 Å². The molecule has 0 bridgehead atoms. The molecular formula is C45H37N. The Morgan fingerprint density at radius 2 is 0.913 bits per heavy atom. The van der Waals surface area contributed by atoms with E-state index in [0.717, 1.165) is 56.0 Å². The zero-order valence-electron chi connectivity index (χ0n) is 26.2. The van der Waals surface area contributed by atoms with Crippen LogP contribution in [0.15, 0.2) is 201 Å². The Morgan fingerprint density at radius 1 is 0.478 bits per heavy atom. The zero-order chi connectivity index (χ0) is 31.7. The van der Waals surface area contributed by atoms with E-state index in [4.69, 9.17) is 0 Å². The zero-order valence-corrected chi connectivity index (χ0v) is 26.2. The van der Waals surface area contributed by atoms with Gasteiger partial charge in [-0.3, -0.25) is 0 Å². The van der Waals surface area contributed by atoms with Crippen LogP contribution in [-0.4, -0.2) is 0 Å². The van der Waals surface area contributed by atoms with E-state index in [1.54, 1.807) is 0 Å². The smallest absolute Gasteiger partial charge is 0.0462 e. The summed E-state index contributed by atoms with van der Waals surface area (Å²) in [6.07, 6.45) is 5.77. The van der Waals surface area contributed by atoms with Crippen LogP contribution in [0.3, 0.4) is 0 Å². The van der Waals surface area contributed by atoms with Crippen molar-refractivity contribution in [1.29, 1.82) is 0 Å². The molecule has 1 heteroatoms. The highest BCUT2D eigenvalue weighted by Gasteiger charge is 2.17. The van der Waals surface area contributed by atoms with Crippen molar-refractivity contribution in [2.75, 3.05) is 4.90 Å². The average Bonchev–Trinajstić information content (AvgIpc) is 3.12. The molecule has 0 aliphatic rings.